The lowest BCUT2D eigenvalue weighted by Crippen LogP contribution is -2.08. The topological polar surface area (TPSA) is 37.8 Å². The van der Waals surface area contributed by atoms with Crippen LogP contribution in [0.15, 0.2) is 48.7 Å². The summed E-state index contributed by atoms with van der Waals surface area (Å²) in [7, 11) is 0. The van der Waals surface area contributed by atoms with E-state index in [1.807, 2.05) is 42.5 Å². The molecule has 1 unspecified atom stereocenters. The van der Waals surface area contributed by atoms with Gasteiger partial charge in [0.15, 0.2) is 5.82 Å². The Labute approximate surface area is 132 Å². The number of halogens is 2. The molecule has 0 aliphatic heterocycles. The highest BCUT2D eigenvalue weighted by Crippen LogP contribution is 2.26. The van der Waals surface area contributed by atoms with Crippen molar-refractivity contribution in [2.75, 3.05) is 5.32 Å². The van der Waals surface area contributed by atoms with E-state index in [4.69, 9.17) is 23.2 Å². The Morgan fingerprint density at radius 1 is 1.00 bits per heavy atom. The number of fused-ring (bicyclic) bond motifs is 1. The average molecular weight is 318 g/mol. The zero-order valence-corrected chi connectivity index (χ0v) is 12.9. The third kappa shape index (κ3) is 3.09. The van der Waals surface area contributed by atoms with Crippen LogP contribution >= 0.6 is 23.2 Å². The number of aromatic nitrogens is 2. The van der Waals surface area contributed by atoms with Gasteiger partial charge in [0.05, 0.1) is 12.2 Å². The molecule has 0 saturated heterocycles. The first kappa shape index (κ1) is 14.1. The molecule has 0 aliphatic carbocycles. The molecule has 0 saturated carbocycles. The Balaban J connectivity index is 1.92. The van der Waals surface area contributed by atoms with Crippen molar-refractivity contribution in [3.05, 3.63) is 64.3 Å². The highest BCUT2D eigenvalue weighted by molar-refractivity contribution is 6.31. The second kappa shape index (κ2) is 5.88. The van der Waals surface area contributed by atoms with Gasteiger partial charge < -0.3 is 5.32 Å². The molecule has 2 aromatic carbocycles. The van der Waals surface area contributed by atoms with Crippen molar-refractivity contribution in [2.45, 2.75) is 13.0 Å². The fraction of sp³-hybridized carbons (Fsp3) is 0.125. The number of benzene rings is 2. The Morgan fingerprint density at radius 2 is 1.71 bits per heavy atom. The number of nitrogens with one attached hydrogen (secondary N) is 1. The summed E-state index contributed by atoms with van der Waals surface area (Å²) in [5.74, 6) is 0.742. The molecule has 3 rings (SSSR count). The third-order valence-corrected chi connectivity index (χ3v) is 3.83. The Bertz CT molecular complexity index is 772. The van der Waals surface area contributed by atoms with Crippen molar-refractivity contribution in [2.24, 2.45) is 0 Å². The smallest absolute Gasteiger partial charge is 0.157 e. The van der Waals surface area contributed by atoms with Gasteiger partial charge in [-0.1, -0.05) is 35.3 Å². The molecule has 3 nitrogen and oxygen atoms in total. The molecule has 106 valence electrons. The summed E-state index contributed by atoms with van der Waals surface area (Å²) in [5.41, 5.74) is 1.13. The van der Waals surface area contributed by atoms with Crippen LogP contribution in [0.4, 0.5) is 5.82 Å². The molecule has 0 radical (unpaired) electrons. The van der Waals surface area contributed by atoms with Gasteiger partial charge in [0, 0.05) is 20.8 Å². The standard InChI is InChI=1S/C16H13Cl2N3/c1-10(11-2-4-13(17)5-3-11)20-16-15-7-6-14(18)8-12(15)9-19-21-16/h2-10H,1H3,(H,20,21). The highest BCUT2D eigenvalue weighted by Gasteiger charge is 2.09. The minimum Gasteiger partial charge on any atom is -0.362 e. The Kier molecular flexibility index (Phi) is 3.95. The van der Waals surface area contributed by atoms with E-state index in [1.54, 1.807) is 6.20 Å². The lowest BCUT2D eigenvalue weighted by atomic mass is 10.1. The third-order valence-electron chi connectivity index (χ3n) is 3.35. The Morgan fingerprint density at radius 3 is 2.48 bits per heavy atom. The van der Waals surface area contributed by atoms with E-state index >= 15 is 0 Å². The summed E-state index contributed by atoms with van der Waals surface area (Å²) in [6, 6.07) is 13.5. The molecular weight excluding hydrogens is 305 g/mol. The van der Waals surface area contributed by atoms with Crippen molar-refractivity contribution in [1.29, 1.82) is 0 Å². The van der Waals surface area contributed by atoms with Crippen LogP contribution in [0.5, 0.6) is 0 Å². The summed E-state index contributed by atoms with van der Waals surface area (Å²) >= 11 is 11.9. The lowest BCUT2D eigenvalue weighted by Gasteiger charge is -2.16. The van der Waals surface area contributed by atoms with E-state index in [-0.39, 0.29) is 6.04 Å². The first-order valence-corrected chi connectivity index (χ1v) is 7.32. The van der Waals surface area contributed by atoms with E-state index < -0.39 is 0 Å². The van der Waals surface area contributed by atoms with E-state index in [0.29, 0.717) is 5.02 Å². The quantitative estimate of drug-likeness (QED) is 0.729. The minimum absolute atomic E-state index is 0.0952. The van der Waals surface area contributed by atoms with Crippen LogP contribution in [0.2, 0.25) is 10.0 Å². The van der Waals surface area contributed by atoms with Gasteiger partial charge >= 0.3 is 0 Å². The predicted molar refractivity (Wildman–Crippen MR) is 88.0 cm³/mol. The van der Waals surface area contributed by atoms with Gasteiger partial charge in [0.25, 0.3) is 0 Å². The van der Waals surface area contributed by atoms with Crippen LogP contribution in [0.3, 0.4) is 0 Å². The number of hydrogen-bond acceptors (Lipinski definition) is 3. The van der Waals surface area contributed by atoms with Crippen LogP contribution in [0.1, 0.15) is 18.5 Å². The zero-order valence-electron chi connectivity index (χ0n) is 11.3. The molecule has 1 heterocycles. The zero-order chi connectivity index (χ0) is 14.8. The van der Waals surface area contributed by atoms with Crippen molar-refractivity contribution in [1.82, 2.24) is 10.2 Å². The fourth-order valence-electron chi connectivity index (χ4n) is 2.21. The van der Waals surface area contributed by atoms with Gasteiger partial charge in [0.1, 0.15) is 0 Å². The molecule has 21 heavy (non-hydrogen) atoms. The first-order valence-electron chi connectivity index (χ1n) is 6.56. The van der Waals surface area contributed by atoms with E-state index in [0.717, 1.165) is 27.2 Å². The molecule has 1 atom stereocenters. The second-order valence-electron chi connectivity index (χ2n) is 4.84. The molecule has 0 spiro atoms. The SMILES string of the molecule is CC(Nc1nncc2cc(Cl)ccc12)c1ccc(Cl)cc1. The highest BCUT2D eigenvalue weighted by atomic mass is 35.5. The summed E-state index contributed by atoms with van der Waals surface area (Å²) in [4.78, 5) is 0. The van der Waals surface area contributed by atoms with Crippen LogP contribution < -0.4 is 5.32 Å². The molecule has 0 aliphatic rings. The van der Waals surface area contributed by atoms with E-state index in [9.17, 15) is 0 Å². The molecule has 5 heteroatoms. The average Bonchev–Trinajstić information content (AvgIpc) is 2.47. The van der Waals surface area contributed by atoms with Gasteiger partial charge in [-0.05, 0) is 42.8 Å². The molecule has 0 fully saturated rings. The summed E-state index contributed by atoms with van der Waals surface area (Å²) in [6.45, 7) is 2.07. The predicted octanol–water partition coefficient (Wildman–Crippen LogP) is 5.11. The van der Waals surface area contributed by atoms with Crippen LogP contribution in [0, 0.1) is 0 Å². The molecule has 0 bridgehead atoms. The van der Waals surface area contributed by atoms with Crippen molar-refractivity contribution in [3.63, 3.8) is 0 Å². The normalized spacial score (nSPS) is 12.3. The van der Waals surface area contributed by atoms with E-state index in [1.165, 1.54) is 0 Å². The maximum absolute atomic E-state index is 6.01. The number of hydrogen-bond donors (Lipinski definition) is 1. The molecule has 1 aromatic heterocycles. The largest absolute Gasteiger partial charge is 0.362 e. The number of rotatable bonds is 3. The number of anilines is 1. The molecular formula is C16H13Cl2N3. The first-order chi connectivity index (χ1) is 10.1. The van der Waals surface area contributed by atoms with Crippen molar-refractivity contribution >= 4 is 39.8 Å². The monoisotopic (exact) mass is 317 g/mol. The minimum atomic E-state index is 0.0952. The van der Waals surface area contributed by atoms with Gasteiger partial charge in [-0.25, -0.2) is 0 Å². The summed E-state index contributed by atoms with van der Waals surface area (Å²) < 4.78 is 0. The maximum atomic E-state index is 6.01. The molecule has 1 N–H and O–H groups in total. The van der Waals surface area contributed by atoms with Gasteiger partial charge in [-0.2, -0.15) is 5.10 Å². The fourth-order valence-corrected chi connectivity index (χ4v) is 2.51. The van der Waals surface area contributed by atoms with Crippen LogP contribution in [-0.2, 0) is 0 Å². The van der Waals surface area contributed by atoms with Gasteiger partial charge in [0.2, 0.25) is 0 Å². The maximum Gasteiger partial charge on any atom is 0.157 e. The Hall–Kier alpha value is -1.84. The molecule has 3 aromatic rings. The van der Waals surface area contributed by atoms with E-state index in [2.05, 4.69) is 22.4 Å². The van der Waals surface area contributed by atoms with Crippen molar-refractivity contribution in [3.8, 4) is 0 Å². The van der Waals surface area contributed by atoms with Crippen LogP contribution in [-0.4, -0.2) is 10.2 Å². The lowest BCUT2D eigenvalue weighted by molar-refractivity contribution is 0.865. The van der Waals surface area contributed by atoms with Gasteiger partial charge in [-0.15, -0.1) is 5.10 Å². The second-order valence-corrected chi connectivity index (χ2v) is 5.72. The van der Waals surface area contributed by atoms with Gasteiger partial charge in [-0.3, -0.25) is 0 Å². The number of nitrogens with zero attached hydrogens (tertiary/aromatic N) is 2. The van der Waals surface area contributed by atoms with Crippen molar-refractivity contribution < 1.29 is 0 Å². The summed E-state index contributed by atoms with van der Waals surface area (Å²) in [5, 5.41) is 15.0. The molecule has 0 amide bonds. The van der Waals surface area contributed by atoms with Crippen LogP contribution in [0.25, 0.3) is 10.8 Å². The summed E-state index contributed by atoms with van der Waals surface area (Å²) in [6.07, 6.45) is 1.71.